The molecule has 2 N–H and O–H groups in total. The van der Waals surface area contributed by atoms with Crippen molar-refractivity contribution in [3.05, 3.63) is 11.4 Å². The summed E-state index contributed by atoms with van der Waals surface area (Å²) in [6.07, 6.45) is 0.372. The van der Waals surface area contributed by atoms with Gasteiger partial charge >= 0.3 is 5.97 Å². The fourth-order valence-electron chi connectivity index (χ4n) is 0.564. The lowest BCUT2D eigenvalue weighted by Crippen LogP contribution is -2.05. The van der Waals surface area contributed by atoms with E-state index in [1.807, 2.05) is 0 Å². The van der Waals surface area contributed by atoms with Crippen LogP contribution in [0.15, 0.2) is 11.4 Å². The molecule has 0 aliphatic rings. The molecule has 0 saturated heterocycles. The van der Waals surface area contributed by atoms with Gasteiger partial charge in [0.25, 0.3) is 0 Å². The summed E-state index contributed by atoms with van der Waals surface area (Å²) in [6.45, 7) is 1.74. The van der Waals surface area contributed by atoms with Crippen LogP contribution in [0.5, 0.6) is 5.06 Å². The third kappa shape index (κ3) is 1.94. The minimum absolute atomic E-state index is 0.251. The van der Waals surface area contributed by atoms with Crippen LogP contribution < -0.4 is 10.5 Å². The third-order valence-electron chi connectivity index (χ3n) is 1.15. The van der Waals surface area contributed by atoms with Gasteiger partial charge in [0.15, 0.2) is 0 Å². The molecule has 3 nitrogen and oxygen atoms in total. The lowest BCUT2D eigenvalue weighted by molar-refractivity contribution is -0.133. The van der Waals surface area contributed by atoms with Crippen LogP contribution >= 0.6 is 11.3 Å². The number of carbonyl (C=O) groups excluding carboxylic acids is 1. The van der Waals surface area contributed by atoms with Gasteiger partial charge in [-0.2, -0.15) is 0 Å². The summed E-state index contributed by atoms with van der Waals surface area (Å²) in [5, 5.41) is 2.28. The maximum absolute atomic E-state index is 10.8. The normalized spacial score (nSPS) is 9.55. The summed E-state index contributed by atoms with van der Waals surface area (Å²) in [6, 6.07) is 1.71. The molecule has 1 aromatic rings. The van der Waals surface area contributed by atoms with E-state index in [9.17, 15) is 4.79 Å². The van der Waals surface area contributed by atoms with Gasteiger partial charge < -0.3 is 10.5 Å². The third-order valence-corrected chi connectivity index (χ3v) is 1.96. The molecule has 60 valence electrons. The molecule has 0 aliphatic carbocycles. The number of nitrogen functional groups attached to an aromatic ring is 1. The summed E-state index contributed by atoms with van der Waals surface area (Å²) < 4.78 is 4.89. The molecule has 1 rings (SSSR count). The molecule has 0 aromatic carbocycles. The van der Waals surface area contributed by atoms with E-state index < -0.39 is 0 Å². The highest BCUT2D eigenvalue weighted by atomic mass is 32.1. The first-order chi connectivity index (χ1) is 5.24. The molecular formula is C7H9NO2S. The second-order valence-electron chi connectivity index (χ2n) is 1.99. The Morgan fingerprint density at radius 1 is 1.82 bits per heavy atom. The van der Waals surface area contributed by atoms with Crippen molar-refractivity contribution in [1.82, 2.24) is 0 Å². The number of nitrogens with two attached hydrogens (primary N) is 1. The smallest absolute Gasteiger partial charge is 0.311 e. The zero-order valence-electron chi connectivity index (χ0n) is 6.16. The molecule has 0 aliphatic heterocycles. The molecule has 11 heavy (non-hydrogen) atoms. The molecule has 0 fully saturated rings. The molecule has 1 heterocycles. The first-order valence-corrected chi connectivity index (χ1v) is 4.15. The first kappa shape index (κ1) is 8.07. The van der Waals surface area contributed by atoms with Gasteiger partial charge in [0.1, 0.15) is 0 Å². The Hall–Kier alpha value is -1.03. The fraction of sp³-hybridized carbons (Fsp3) is 0.286. The molecule has 0 amide bonds. The average molecular weight is 171 g/mol. The summed E-state index contributed by atoms with van der Waals surface area (Å²) in [5.74, 6) is -0.251. The number of rotatable bonds is 2. The molecule has 4 heteroatoms. The van der Waals surface area contributed by atoms with Crippen LogP contribution in [0.3, 0.4) is 0 Å². The number of hydrogen-bond donors (Lipinski definition) is 1. The minimum atomic E-state index is -0.251. The van der Waals surface area contributed by atoms with E-state index in [1.54, 1.807) is 18.4 Å². The van der Waals surface area contributed by atoms with Gasteiger partial charge in [-0.15, -0.1) is 11.3 Å². The van der Waals surface area contributed by atoms with E-state index in [4.69, 9.17) is 10.5 Å². The summed E-state index contributed by atoms with van der Waals surface area (Å²) >= 11 is 1.33. The van der Waals surface area contributed by atoms with Gasteiger partial charge in [-0.25, -0.2) is 0 Å². The van der Waals surface area contributed by atoms with E-state index in [1.165, 1.54) is 11.3 Å². The lowest BCUT2D eigenvalue weighted by Gasteiger charge is -1.98. The number of thiophene rings is 1. The molecular weight excluding hydrogens is 162 g/mol. The lowest BCUT2D eigenvalue weighted by atomic mass is 10.5. The van der Waals surface area contributed by atoms with Crippen LogP contribution in [-0.4, -0.2) is 5.97 Å². The Morgan fingerprint density at radius 3 is 3.00 bits per heavy atom. The fourth-order valence-corrected chi connectivity index (χ4v) is 1.25. The molecule has 1 aromatic heterocycles. The van der Waals surface area contributed by atoms with Gasteiger partial charge in [-0.05, 0) is 11.4 Å². The van der Waals surface area contributed by atoms with Crippen LogP contribution in [0.1, 0.15) is 13.3 Å². The number of ether oxygens (including phenoxy) is 1. The molecule has 0 spiro atoms. The van der Waals surface area contributed by atoms with Gasteiger partial charge in [0.05, 0.1) is 5.69 Å². The van der Waals surface area contributed by atoms with Crippen molar-refractivity contribution in [2.24, 2.45) is 0 Å². The van der Waals surface area contributed by atoms with E-state index in [0.717, 1.165) is 0 Å². The maximum atomic E-state index is 10.8. The van der Waals surface area contributed by atoms with Crippen LogP contribution in [0.4, 0.5) is 5.69 Å². The summed E-state index contributed by atoms with van der Waals surface area (Å²) in [5.41, 5.74) is 6.00. The maximum Gasteiger partial charge on any atom is 0.311 e. The highest BCUT2D eigenvalue weighted by Gasteiger charge is 2.05. The summed E-state index contributed by atoms with van der Waals surface area (Å²) in [7, 11) is 0. The van der Waals surface area contributed by atoms with Crippen LogP contribution in [0.2, 0.25) is 0 Å². The highest BCUT2D eigenvalue weighted by molar-refractivity contribution is 7.12. The average Bonchev–Trinajstić information content (AvgIpc) is 2.37. The molecule has 0 radical (unpaired) electrons. The summed E-state index contributed by atoms with van der Waals surface area (Å²) in [4.78, 5) is 10.8. The van der Waals surface area contributed by atoms with Gasteiger partial charge in [0.2, 0.25) is 5.06 Å². The second-order valence-corrected chi connectivity index (χ2v) is 2.87. The standard InChI is InChI=1S/C7H9NO2S/c1-2-6(9)10-7-5(8)3-4-11-7/h3-4H,2,8H2,1H3. The molecule has 0 bridgehead atoms. The second kappa shape index (κ2) is 3.39. The SMILES string of the molecule is CCC(=O)Oc1sccc1N. The number of esters is 1. The van der Waals surface area contributed by atoms with Crippen molar-refractivity contribution in [1.29, 1.82) is 0 Å². The van der Waals surface area contributed by atoms with Crippen LogP contribution in [0, 0.1) is 0 Å². The van der Waals surface area contributed by atoms with Crippen molar-refractivity contribution in [3.8, 4) is 5.06 Å². The predicted octanol–water partition coefficient (Wildman–Crippen LogP) is 1.65. The zero-order valence-corrected chi connectivity index (χ0v) is 6.98. The van der Waals surface area contributed by atoms with E-state index >= 15 is 0 Å². The Kier molecular flexibility index (Phi) is 2.48. The Bertz CT molecular complexity index is 257. The van der Waals surface area contributed by atoms with Crippen molar-refractivity contribution >= 4 is 23.0 Å². The van der Waals surface area contributed by atoms with Crippen molar-refractivity contribution in [2.45, 2.75) is 13.3 Å². The van der Waals surface area contributed by atoms with Crippen molar-refractivity contribution in [2.75, 3.05) is 5.73 Å². The monoisotopic (exact) mass is 171 g/mol. The zero-order chi connectivity index (χ0) is 8.27. The largest absolute Gasteiger partial charge is 0.413 e. The molecule has 0 unspecified atom stereocenters. The first-order valence-electron chi connectivity index (χ1n) is 3.27. The van der Waals surface area contributed by atoms with Crippen LogP contribution in [0.25, 0.3) is 0 Å². The van der Waals surface area contributed by atoms with Crippen LogP contribution in [-0.2, 0) is 4.79 Å². The molecule has 0 saturated carbocycles. The number of hydrogen-bond acceptors (Lipinski definition) is 4. The number of anilines is 1. The van der Waals surface area contributed by atoms with Gasteiger partial charge in [0, 0.05) is 6.42 Å². The van der Waals surface area contributed by atoms with Gasteiger partial charge in [-0.1, -0.05) is 6.92 Å². The number of carbonyl (C=O) groups is 1. The van der Waals surface area contributed by atoms with Crippen molar-refractivity contribution in [3.63, 3.8) is 0 Å². The van der Waals surface area contributed by atoms with E-state index in [2.05, 4.69) is 0 Å². The molecule has 0 atom stereocenters. The van der Waals surface area contributed by atoms with E-state index in [-0.39, 0.29) is 5.97 Å². The topological polar surface area (TPSA) is 52.3 Å². The minimum Gasteiger partial charge on any atom is -0.413 e. The van der Waals surface area contributed by atoms with Crippen molar-refractivity contribution < 1.29 is 9.53 Å². The Balaban J connectivity index is 2.64. The predicted molar refractivity (Wildman–Crippen MR) is 44.7 cm³/mol. The Morgan fingerprint density at radius 2 is 2.55 bits per heavy atom. The van der Waals surface area contributed by atoms with Gasteiger partial charge in [-0.3, -0.25) is 4.79 Å². The Labute approximate surface area is 68.8 Å². The highest BCUT2D eigenvalue weighted by Crippen LogP contribution is 2.28. The van der Waals surface area contributed by atoms with E-state index in [0.29, 0.717) is 17.2 Å². The quantitative estimate of drug-likeness (QED) is 0.688.